The van der Waals surface area contributed by atoms with Crippen molar-refractivity contribution in [1.29, 1.82) is 0 Å². The number of halogens is 1. The number of amides is 2. The number of rotatable bonds is 4. The fourth-order valence-electron chi connectivity index (χ4n) is 3.48. The number of urea groups is 1. The summed E-state index contributed by atoms with van der Waals surface area (Å²) in [5.41, 5.74) is -0.436. The van der Waals surface area contributed by atoms with E-state index in [1.807, 2.05) is 4.90 Å². The van der Waals surface area contributed by atoms with Gasteiger partial charge in [-0.25, -0.2) is 9.78 Å². The summed E-state index contributed by atoms with van der Waals surface area (Å²) in [5, 5.41) is 2.92. The second-order valence-electron chi connectivity index (χ2n) is 7.16. The van der Waals surface area contributed by atoms with E-state index in [4.69, 9.17) is 4.74 Å². The Labute approximate surface area is 150 Å². The lowest BCUT2D eigenvalue weighted by Gasteiger charge is -2.35. The van der Waals surface area contributed by atoms with Crippen molar-refractivity contribution in [3.05, 3.63) is 21.9 Å². The quantitative estimate of drug-likeness (QED) is 0.824. The maximum Gasteiger partial charge on any atom is 0.317 e. The topological polar surface area (TPSA) is 90.6 Å². The van der Waals surface area contributed by atoms with Gasteiger partial charge in [-0.1, -0.05) is 0 Å². The number of ether oxygens (including phenoxy) is 1. The lowest BCUT2D eigenvalue weighted by molar-refractivity contribution is 0.108. The Kier molecular flexibility index (Phi) is 4.80. The molecule has 3 fully saturated rings. The van der Waals surface area contributed by atoms with Gasteiger partial charge in [0.05, 0.1) is 11.8 Å². The van der Waals surface area contributed by atoms with Gasteiger partial charge < -0.3 is 19.9 Å². The smallest absolute Gasteiger partial charge is 0.317 e. The molecule has 1 aromatic heterocycles. The fourth-order valence-corrected chi connectivity index (χ4v) is 3.48. The van der Waals surface area contributed by atoms with Crippen LogP contribution in [0.1, 0.15) is 37.3 Å². The lowest BCUT2D eigenvalue weighted by atomic mass is 10.2. The number of aromatic nitrogens is 2. The van der Waals surface area contributed by atoms with Crippen molar-refractivity contribution in [2.75, 3.05) is 44.2 Å². The van der Waals surface area contributed by atoms with E-state index in [-0.39, 0.29) is 23.7 Å². The molecular formula is C17H24FN5O3. The SMILES string of the molecule is O=C(NCC1CCCO1)N1CCN(c2nc(C3CC3)c(F)c(=O)[nH]2)CC1. The van der Waals surface area contributed by atoms with Gasteiger partial charge in [0.1, 0.15) is 0 Å². The number of anilines is 1. The van der Waals surface area contributed by atoms with E-state index < -0.39 is 11.4 Å². The third-order valence-corrected chi connectivity index (χ3v) is 5.21. The molecule has 3 aliphatic rings. The van der Waals surface area contributed by atoms with E-state index in [1.165, 1.54) is 0 Å². The highest BCUT2D eigenvalue weighted by Crippen LogP contribution is 2.39. The van der Waals surface area contributed by atoms with E-state index in [0.717, 1.165) is 32.3 Å². The minimum absolute atomic E-state index is 0.0703. The summed E-state index contributed by atoms with van der Waals surface area (Å²) in [6.45, 7) is 3.45. The van der Waals surface area contributed by atoms with E-state index in [0.29, 0.717) is 38.7 Å². The van der Waals surface area contributed by atoms with Crippen molar-refractivity contribution in [2.24, 2.45) is 0 Å². The highest BCUT2D eigenvalue weighted by atomic mass is 19.1. The molecule has 0 bridgehead atoms. The minimum atomic E-state index is -0.761. The second kappa shape index (κ2) is 7.22. The summed E-state index contributed by atoms with van der Waals surface area (Å²) in [7, 11) is 0. The molecule has 2 amide bonds. The van der Waals surface area contributed by atoms with Gasteiger partial charge in [-0.05, 0) is 25.7 Å². The molecule has 0 radical (unpaired) electrons. The van der Waals surface area contributed by atoms with Gasteiger partial charge in [0.15, 0.2) is 0 Å². The largest absolute Gasteiger partial charge is 0.376 e. The van der Waals surface area contributed by atoms with Gasteiger partial charge >= 0.3 is 6.03 Å². The van der Waals surface area contributed by atoms with Crippen LogP contribution in [0.15, 0.2) is 4.79 Å². The molecule has 2 N–H and O–H groups in total. The molecule has 142 valence electrons. The highest BCUT2D eigenvalue weighted by molar-refractivity contribution is 5.74. The van der Waals surface area contributed by atoms with Crippen LogP contribution in [0.2, 0.25) is 0 Å². The number of aromatic amines is 1. The average molecular weight is 365 g/mol. The molecule has 1 unspecified atom stereocenters. The van der Waals surface area contributed by atoms with Crippen molar-refractivity contribution >= 4 is 12.0 Å². The van der Waals surface area contributed by atoms with Crippen LogP contribution in [0.3, 0.4) is 0 Å². The van der Waals surface area contributed by atoms with E-state index in [1.54, 1.807) is 4.90 Å². The number of nitrogens with one attached hydrogen (secondary N) is 2. The van der Waals surface area contributed by atoms with Gasteiger partial charge in [0.2, 0.25) is 11.8 Å². The van der Waals surface area contributed by atoms with E-state index >= 15 is 0 Å². The molecular weight excluding hydrogens is 341 g/mol. The number of carbonyl (C=O) groups is 1. The molecule has 1 aliphatic carbocycles. The lowest BCUT2D eigenvalue weighted by Crippen LogP contribution is -2.53. The van der Waals surface area contributed by atoms with Crippen molar-refractivity contribution in [2.45, 2.75) is 37.7 Å². The highest BCUT2D eigenvalue weighted by Gasteiger charge is 2.31. The van der Waals surface area contributed by atoms with Gasteiger partial charge in [-0.3, -0.25) is 9.78 Å². The van der Waals surface area contributed by atoms with Crippen molar-refractivity contribution in [1.82, 2.24) is 20.2 Å². The molecule has 2 saturated heterocycles. The number of carbonyl (C=O) groups excluding carboxylic acids is 1. The molecule has 0 spiro atoms. The molecule has 8 nitrogen and oxygen atoms in total. The van der Waals surface area contributed by atoms with Crippen LogP contribution in [0.5, 0.6) is 0 Å². The minimum Gasteiger partial charge on any atom is -0.376 e. The zero-order chi connectivity index (χ0) is 18.1. The number of piperazine rings is 1. The second-order valence-corrected chi connectivity index (χ2v) is 7.16. The summed E-state index contributed by atoms with van der Waals surface area (Å²) in [6, 6.07) is -0.0978. The van der Waals surface area contributed by atoms with Crippen LogP contribution in [0.4, 0.5) is 15.1 Å². The van der Waals surface area contributed by atoms with Gasteiger partial charge in [0, 0.05) is 45.2 Å². The third-order valence-electron chi connectivity index (χ3n) is 5.21. The Hall–Kier alpha value is -2.16. The normalized spacial score (nSPS) is 23.3. The fraction of sp³-hybridized carbons (Fsp3) is 0.706. The van der Waals surface area contributed by atoms with Gasteiger partial charge in [-0.2, -0.15) is 4.39 Å². The van der Waals surface area contributed by atoms with Crippen LogP contribution in [-0.2, 0) is 4.74 Å². The van der Waals surface area contributed by atoms with Crippen molar-refractivity contribution < 1.29 is 13.9 Å². The maximum absolute atomic E-state index is 13.9. The zero-order valence-corrected chi connectivity index (χ0v) is 14.7. The average Bonchev–Trinajstić information content (AvgIpc) is 3.37. The first-order valence-electron chi connectivity index (χ1n) is 9.31. The van der Waals surface area contributed by atoms with Crippen LogP contribution < -0.4 is 15.8 Å². The summed E-state index contributed by atoms with van der Waals surface area (Å²) in [5.74, 6) is -0.290. The molecule has 1 saturated carbocycles. The summed E-state index contributed by atoms with van der Waals surface area (Å²) in [4.78, 5) is 34.6. The first kappa shape index (κ1) is 17.3. The molecule has 1 aromatic rings. The first-order valence-corrected chi connectivity index (χ1v) is 9.31. The maximum atomic E-state index is 13.9. The molecule has 3 heterocycles. The number of hydrogen-bond acceptors (Lipinski definition) is 5. The van der Waals surface area contributed by atoms with Crippen LogP contribution in [-0.4, -0.2) is 66.3 Å². The Bertz CT molecular complexity index is 722. The molecule has 9 heteroatoms. The monoisotopic (exact) mass is 365 g/mol. The molecule has 2 aliphatic heterocycles. The number of hydrogen-bond donors (Lipinski definition) is 2. The van der Waals surface area contributed by atoms with Gasteiger partial charge in [0.25, 0.3) is 5.56 Å². The Morgan fingerprint density at radius 3 is 2.69 bits per heavy atom. The zero-order valence-electron chi connectivity index (χ0n) is 14.7. The van der Waals surface area contributed by atoms with E-state index in [2.05, 4.69) is 15.3 Å². The Morgan fingerprint density at radius 2 is 2.04 bits per heavy atom. The standard InChI is InChI=1S/C17H24FN5O3/c18-13-14(11-3-4-11)20-16(21-15(13)24)22-5-7-23(8-6-22)17(25)19-10-12-2-1-9-26-12/h11-12H,1-10H2,(H,19,25)(H,20,21,24). The van der Waals surface area contributed by atoms with Crippen LogP contribution in [0, 0.1) is 5.82 Å². The first-order chi connectivity index (χ1) is 12.6. The van der Waals surface area contributed by atoms with Crippen LogP contribution >= 0.6 is 0 Å². The summed E-state index contributed by atoms with van der Waals surface area (Å²) in [6.07, 6.45) is 3.91. The Morgan fingerprint density at radius 1 is 1.27 bits per heavy atom. The molecule has 4 rings (SSSR count). The summed E-state index contributed by atoms with van der Waals surface area (Å²) < 4.78 is 19.4. The Balaban J connectivity index is 1.33. The molecule has 1 atom stereocenters. The predicted octanol–water partition coefficient (Wildman–Crippen LogP) is 0.797. The van der Waals surface area contributed by atoms with Gasteiger partial charge in [-0.15, -0.1) is 0 Å². The third kappa shape index (κ3) is 3.67. The van der Waals surface area contributed by atoms with Crippen LogP contribution in [0.25, 0.3) is 0 Å². The number of H-pyrrole nitrogens is 1. The van der Waals surface area contributed by atoms with E-state index in [9.17, 15) is 14.0 Å². The van der Waals surface area contributed by atoms with Crippen molar-refractivity contribution in [3.8, 4) is 0 Å². The predicted molar refractivity (Wildman–Crippen MR) is 92.9 cm³/mol. The summed E-state index contributed by atoms with van der Waals surface area (Å²) >= 11 is 0. The van der Waals surface area contributed by atoms with Crippen molar-refractivity contribution in [3.63, 3.8) is 0 Å². The molecule has 0 aromatic carbocycles. The molecule has 26 heavy (non-hydrogen) atoms. The number of nitrogens with zero attached hydrogens (tertiary/aromatic N) is 3.